The van der Waals surface area contributed by atoms with Gasteiger partial charge in [-0.3, -0.25) is 14.9 Å². The Morgan fingerprint density at radius 3 is 2.78 bits per heavy atom. The number of H-pyrrole nitrogens is 1. The van der Waals surface area contributed by atoms with Crippen molar-refractivity contribution in [2.75, 3.05) is 0 Å². The molecule has 2 aromatic carbocycles. The van der Waals surface area contributed by atoms with Crippen molar-refractivity contribution in [2.45, 2.75) is 13.3 Å². The number of hydrogen-bond donors (Lipinski definition) is 2. The molecule has 0 aliphatic rings. The standard InChI is InChI=1S/C21H18N4O2/c1-2-13-9-14(4-6-18(13)21(22)26)19-10-17(7-8-23-19)27-16-5-3-15-12-24-25-20(15)11-16/h3-12H,2H2,1H3,(H2,22,26)(H,24,25). The van der Waals surface area contributed by atoms with E-state index in [9.17, 15) is 4.79 Å². The van der Waals surface area contributed by atoms with Crippen LogP contribution in [0.2, 0.25) is 0 Å². The van der Waals surface area contributed by atoms with Gasteiger partial charge in [-0.1, -0.05) is 13.0 Å². The molecule has 0 saturated carbocycles. The van der Waals surface area contributed by atoms with Gasteiger partial charge in [0.05, 0.1) is 17.4 Å². The minimum absolute atomic E-state index is 0.419. The molecular formula is C21H18N4O2. The van der Waals surface area contributed by atoms with Crippen LogP contribution in [0.3, 0.4) is 0 Å². The topological polar surface area (TPSA) is 93.9 Å². The molecule has 0 bridgehead atoms. The maximum Gasteiger partial charge on any atom is 0.248 e. The summed E-state index contributed by atoms with van der Waals surface area (Å²) in [6, 6.07) is 15.0. The largest absolute Gasteiger partial charge is 0.457 e. The molecule has 6 nitrogen and oxygen atoms in total. The summed E-state index contributed by atoms with van der Waals surface area (Å²) in [6.45, 7) is 1.99. The van der Waals surface area contributed by atoms with Gasteiger partial charge in [0.2, 0.25) is 5.91 Å². The van der Waals surface area contributed by atoms with Crippen LogP contribution in [-0.2, 0) is 6.42 Å². The quantitative estimate of drug-likeness (QED) is 0.562. The first-order valence-electron chi connectivity index (χ1n) is 8.64. The van der Waals surface area contributed by atoms with E-state index in [1.54, 1.807) is 24.5 Å². The van der Waals surface area contributed by atoms with Crippen molar-refractivity contribution in [3.05, 3.63) is 72.1 Å². The van der Waals surface area contributed by atoms with Crippen LogP contribution in [0.15, 0.2) is 60.9 Å². The SMILES string of the molecule is CCc1cc(-c2cc(Oc3ccc4cn[nH]c4c3)ccn2)ccc1C(N)=O. The molecule has 0 unspecified atom stereocenters. The number of aromatic amines is 1. The number of aryl methyl sites for hydroxylation is 1. The van der Waals surface area contributed by atoms with Crippen LogP contribution in [0, 0.1) is 0 Å². The fraction of sp³-hybridized carbons (Fsp3) is 0.0952. The van der Waals surface area contributed by atoms with Gasteiger partial charge in [0.1, 0.15) is 11.5 Å². The van der Waals surface area contributed by atoms with Gasteiger partial charge in [-0.25, -0.2) is 0 Å². The molecule has 134 valence electrons. The monoisotopic (exact) mass is 358 g/mol. The molecule has 4 rings (SSSR count). The molecule has 0 spiro atoms. The van der Waals surface area contributed by atoms with E-state index in [0.29, 0.717) is 23.5 Å². The molecule has 6 heteroatoms. The van der Waals surface area contributed by atoms with Crippen LogP contribution in [0.1, 0.15) is 22.8 Å². The number of nitrogens with zero attached hydrogens (tertiary/aromatic N) is 2. The Hall–Kier alpha value is -3.67. The Kier molecular flexibility index (Phi) is 4.30. The molecule has 3 N–H and O–H groups in total. The van der Waals surface area contributed by atoms with Crippen LogP contribution >= 0.6 is 0 Å². The highest BCUT2D eigenvalue weighted by Crippen LogP contribution is 2.28. The number of carbonyl (C=O) groups excluding carboxylic acids is 1. The third-order valence-electron chi connectivity index (χ3n) is 4.43. The second-order valence-corrected chi connectivity index (χ2v) is 6.19. The summed E-state index contributed by atoms with van der Waals surface area (Å²) in [6.07, 6.45) is 4.18. The molecule has 0 atom stereocenters. The summed E-state index contributed by atoms with van der Waals surface area (Å²) in [5, 5.41) is 7.97. The molecule has 2 heterocycles. The number of nitrogens with one attached hydrogen (secondary N) is 1. The maximum absolute atomic E-state index is 11.5. The van der Waals surface area contributed by atoms with Crippen molar-refractivity contribution < 1.29 is 9.53 Å². The van der Waals surface area contributed by atoms with Gasteiger partial charge in [-0.05, 0) is 42.3 Å². The zero-order valence-electron chi connectivity index (χ0n) is 14.8. The number of fused-ring (bicyclic) bond motifs is 1. The number of primary amides is 1. The van der Waals surface area contributed by atoms with Crippen molar-refractivity contribution in [1.82, 2.24) is 15.2 Å². The summed E-state index contributed by atoms with van der Waals surface area (Å²) in [5.41, 5.74) is 9.47. The molecular weight excluding hydrogens is 340 g/mol. The highest BCUT2D eigenvalue weighted by molar-refractivity contribution is 5.95. The van der Waals surface area contributed by atoms with Crippen molar-refractivity contribution in [3.8, 4) is 22.8 Å². The van der Waals surface area contributed by atoms with Crippen LogP contribution < -0.4 is 10.5 Å². The fourth-order valence-electron chi connectivity index (χ4n) is 3.03. The lowest BCUT2D eigenvalue weighted by atomic mass is 9.99. The van der Waals surface area contributed by atoms with E-state index in [1.807, 2.05) is 43.3 Å². The molecule has 0 radical (unpaired) electrons. The zero-order chi connectivity index (χ0) is 18.8. The van der Waals surface area contributed by atoms with Gasteiger partial charge in [0.25, 0.3) is 0 Å². The predicted molar refractivity (Wildman–Crippen MR) is 104 cm³/mol. The Morgan fingerprint density at radius 1 is 1.11 bits per heavy atom. The lowest BCUT2D eigenvalue weighted by Crippen LogP contribution is -2.13. The van der Waals surface area contributed by atoms with Gasteiger partial charge in [-0.15, -0.1) is 0 Å². The second-order valence-electron chi connectivity index (χ2n) is 6.19. The highest BCUT2D eigenvalue weighted by Gasteiger charge is 2.10. The van der Waals surface area contributed by atoms with E-state index < -0.39 is 5.91 Å². The summed E-state index contributed by atoms with van der Waals surface area (Å²) in [7, 11) is 0. The number of hydrogen-bond acceptors (Lipinski definition) is 4. The average molecular weight is 358 g/mol. The van der Waals surface area contributed by atoms with Gasteiger partial charge in [0.15, 0.2) is 0 Å². The highest BCUT2D eigenvalue weighted by atomic mass is 16.5. The lowest BCUT2D eigenvalue weighted by Gasteiger charge is -2.10. The van der Waals surface area contributed by atoms with Crippen molar-refractivity contribution in [1.29, 1.82) is 0 Å². The number of carbonyl (C=O) groups is 1. The number of amides is 1. The van der Waals surface area contributed by atoms with Gasteiger partial charge in [-0.2, -0.15) is 5.10 Å². The predicted octanol–water partition coefficient (Wildman–Crippen LogP) is 4.08. The molecule has 1 amide bonds. The van der Waals surface area contributed by atoms with E-state index in [2.05, 4.69) is 15.2 Å². The van der Waals surface area contributed by atoms with E-state index in [4.69, 9.17) is 10.5 Å². The first-order chi connectivity index (χ1) is 13.1. The summed E-state index contributed by atoms with van der Waals surface area (Å²) in [5.74, 6) is 0.968. The third kappa shape index (κ3) is 3.37. The second kappa shape index (κ2) is 6.92. The van der Waals surface area contributed by atoms with Gasteiger partial charge < -0.3 is 10.5 Å². The normalized spacial score (nSPS) is 10.9. The number of nitrogens with two attached hydrogens (primary N) is 1. The fourth-order valence-corrected chi connectivity index (χ4v) is 3.03. The molecule has 0 aliphatic heterocycles. The first kappa shape index (κ1) is 16.8. The molecule has 0 fully saturated rings. The Balaban J connectivity index is 1.65. The number of pyridine rings is 1. The average Bonchev–Trinajstić information content (AvgIpc) is 3.15. The van der Waals surface area contributed by atoms with Crippen molar-refractivity contribution in [3.63, 3.8) is 0 Å². The van der Waals surface area contributed by atoms with Crippen molar-refractivity contribution in [2.24, 2.45) is 5.73 Å². The number of benzene rings is 2. The maximum atomic E-state index is 11.5. The Morgan fingerprint density at radius 2 is 1.96 bits per heavy atom. The summed E-state index contributed by atoms with van der Waals surface area (Å²) in [4.78, 5) is 16.0. The van der Waals surface area contributed by atoms with E-state index in [0.717, 1.165) is 27.7 Å². The summed E-state index contributed by atoms with van der Waals surface area (Å²) >= 11 is 0. The first-order valence-corrected chi connectivity index (χ1v) is 8.64. The molecule has 0 saturated heterocycles. The zero-order valence-corrected chi connectivity index (χ0v) is 14.8. The Bertz CT molecular complexity index is 1130. The van der Waals surface area contributed by atoms with Crippen LogP contribution in [0.25, 0.3) is 22.2 Å². The van der Waals surface area contributed by atoms with Crippen molar-refractivity contribution >= 4 is 16.8 Å². The van der Waals surface area contributed by atoms with Crippen LogP contribution in [0.5, 0.6) is 11.5 Å². The van der Waals surface area contributed by atoms with Gasteiger partial charge >= 0.3 is 0 Å². The molecule has 2 aromatic heterocycles. The van der Waals surface area contributed by atoms with E-state index >= 15 is 0 Å². The summed E-state index contributed by atoms with van der Waals surface area (Å²) < 4.78 is 5.97. The Labute approximate surface area is 156 Å². The molecule has 0 aliphatic carbocycles. The smallest absolute Gasteiger partial charge is 0.248 e. The molecule has 27 heavy (non-hydrogen) atoms. The van der Waals surface area contributed by atoms with Crippen LogP contribution in [-0.4, -0.2) is 21.1 Å². The number of ether oxygens (including phenoxy) is 1. The van der Waals surface area contributed by atoms with E-state index in [-0.39, 0.29) is 0 Å². The van der Waals surface area contributed by atoms with Crippen LogP contribution in [0.4, 0.5) is 0 Å². The number of rotatable bonds is 5. The lowest BCUT2D eigenvalue weighted by molar-refractivity contribution is 0.0999. The number of aromatic nitrogens is 3. The minimum Gasteiger partial charge on any atom is -0.457 e. The van der Waals surface area contributed by atoms with E-state index in [1.165, 1.54) is 0 Å². The van der Waals surface area contributed by atoms with Gasteiger partial charge in [0, 0.05) is 34.8 Å². The minimum atomic E-state index is -0.419. The third-order valence-corrected chi connectivity index (χ3v) is 4.43. The molecule has 4 aromatic rings.